The molecular weight excluding hydrogens is 202 g/mol. The van der Waals surface area contributed by atoms with Gasteiger partial charge in [0.1, 0.15) is 5.71 Å². The second kappa shape index (κ2) is 4.61. The summed E-state index contributed by atoms with van der Waals surface area (Å²) in [5.74, 6) is 0. The van der Waals surface area contributed by atoms with E-state index >= 15 is 0 Å². The van der Waals surface area contributed by atoms with Crippen LogP contribution >= 0.6 is 0 Å². The van der Waals surface area contributed by atoms with Gasteiger partial charge >= 0.3 is 0 Å². The van der Waals surface area contributed by atoms with Gasteiger partial charge < -0.3 is 9.77 Å². The van der Waals surface area contributed by atoms with E-state index in [9.17, 15) is 0 Å². The van der Waals surface area contributed by atoms with Crippen molar-refractivity contribution in [1.82, 2.24) is 9.55 Å². The summed E-state index contributed by atoms with van der Waals surface area (Å²) >= 11 is 0. The van der Waals surface area contributed by atoms with Gasteiger partial charge in [-0.25, -0.2) is 4.98 Å². The zero-order valence-electron chi connectivity index (χ0n) is 9.04. The Balaban J connectivity index is 2.20. The molecule has 0 aliphatic carbocycles. The first-order valence-corrected chi connectivity index (χ1v) is 5.03. The van der Waals surface area contributed by atoms with E-state index in [2.05, 4.69) is 10.1 Å². The predicted octanol–water partition coefficient (Wildman–Crippen LogP) is 2.07. The molecule has 1 aromatic carbocycles. The van der Waals surface area contributed by atoms with Gasteiger partial charge in [-0.2, -0.15) is 0 Å². The zero-order chi connectivity index (χ0) is 11.4. The second-order valence-corrected chi connectivity index (χ2v) is 3.65. The highest BCUT2D eigenvalue weighted by Gasteiger charge is 2.04. The van der Waals surface area contributed by atoms with E-state index in [-0.39, 0.29) is 0 Å². The third-order valence-corrected chi connectivity index (χ3v) is 2.40. The molecule has 0 amide bonds. The van der Waals surface area contributed by atoms with Crippen LogP contribution in [0.3, 0.4) is 0 Å². The van der Waals surface area contributed by atoms with E-state index in [1.165, 1.54) is 5.56 Å². The molecule has 0 atom stereocenters. The Labute approximate surface area is 93.9 Å². The third kappa shape index (κ3) is 2.28. The Bertz CT molecular complexity index is 471. The van der Waals surface area contributed by atoms with Crippen LogP contribution in [-0.4, -0.2) is 20.5 Å². The van der Waals surface area contributed by atoms with E-state index < -0.39 is 0 Å². The third-order valence-electron chi connectivity index (χ3n) is 2.40. The van der Waals surface area contributed by atoms with Crippen molar-refractivity contribution in [2.24, 2.45) is 5.16 Å². The van der Waals surface area contributed by atoms with Crippen molar-refractivity contribution in [1.29, 1.82) is 0 Å². The molecule has 0 aliphatic heterocycles. The van der Waals surface area contributed by atoms with Crippen molar-refractivity contribution < 1.29 is 5.21 Å². The van der Waals surface area contributed by atoms with Crippen LogP contribution in [0.1, 0.15) is 11.1 Å². The molecular formula is C12H13N3O. The van der Waals surface area contributed by atoms with Gasteiger partial charge in [0, 0.05) is 18.0 Å². The minimum absolute atomic E-state index is 0.513. The first kappa shape index (κ1) is 10.4. The van der Waals surface area contributed by atoms with Crippen LogP contribution in [0.4, 0.5) is 0 Å². The molecule has 0 saturated heterocycles. The molecule has 0 radical (unpaired) electrons. The van der Waals surface area contributed by atoms with Crippen molar-refractivity contribution >= 4 is 5.71 Å². The van der Waals surface area contributed by atoms with Gasteiger partial charge in [0.15, 0.2) is 0 Å². The standard InChI is InChI=1S/C12H13N3O/c1-10-2-4-11(5-3-10)12(14-16)8-15-7-6-13-9-15/h2-7,9,16H,8H2,1H3/b14-12-. The molecule has 82 valence electrons. The number of hydrogen-bond acceptors (Lipinski definition) is 3. The van der Waals surface area contributed by atoms with Crippen LogP contribution in [0.5, 0.6) is 0 Å². The molecule has 0 aliphatic rings. The first-order chi connectivity index (χ1) is 7.79. The number of oxime groups is 1. The summed E-state index contributed by atoms with van der Waals surface area (Å²) < 4.78 is 1.86. The fourth-order valence-corrected chi connectivity index (χ4v) is 1.48. The highest BCUT2D eigenvalue weighted by Crippen LogP contribution is 2.06. The molecule has 1 aromatic heterocycles. The molecule has 4 heteroatoms. The van der Waals surface area contributed by atoms with E-state index in [4.69, 9.17) is 5.21 Å². The van der Waals surface area contributed by atoms with Gasteiger partial charge in [0.25, 0.3) is 0 Å². The van der Waals surface area contributed by atoms with Crippen molar-refractivity contribution in [3.8, 4) is 0 Å². The Morgan fingerprint density at radius 2 is 2.12 bits per heavy atom. The number of imidazole rings is 1. The summed E-state index contributed by atoms with van der Waals surface area (Å²) in [6.07, 6.45) is 5.23. The number of benzene rings is 1. The van der Waals surface area contributed by atoms with Crippen LogP contribution in [0, 0.1) is 6.92 Å². The monoisotopic (exact) mass is 215 g/mol. The van der Waals surface area contributed by atoms with Gasteiger partial charge in [-0.15, -0.1) is 0 Å². The average molecular weight is 215 g/mol. The molecule has 0 fully saturated rings. The molecule has 0 bridgehead atoms. The Morgan fingerprint density at radius 3 is 2.69 bits per heavy atom. The van der Waals surface area contributed by atoms with Crippen molar-refractivity contribution in [3.05, 3.63) is 54.1 Å². The first-order valence-electron chi connectivity index (χ1n) is 5.03. The minimum atomic E-state index is 0.513. The second-order valence-electron chi connectivity index (χ2n) is 3.65. The molecule has 1 heterocycles. The predicted molar refractivity (Wildman–Crippen MR) is 61.7 cm³/mol. The lowest BCUT2D eigenvalue weighted by atomic mass is 10.1. The number of nitrogens with zero attached hydrogens (tertiary/aromatic N) is 3. The molecule has 0 spiro atoms. The van der Waals surface area contributed by atoms with E-state index in [0.717, 1.165) is 5.56 Å². The molecule has 16 heavy (non-hydrogen) atoms. The molecule has 0 unspecified atom stereocenters. The Kier molecular flexibility index (Phi) is 3.00. The topological polar surface area (TPSA) is 50.4 Å². The van der Waals surface area contributed by atoms with Crippen LogP contribution in [0.2, 0.25) is 0 Å². The highest BCUT2D eigenvalue weighted by atomic mass is 16.4. The molecule has 2 rings (SSSR count). The minimum Gasteiger partial charge on any atom is -0.411 e. The lowest BCUT2D eigenvalue weighted by Crippen LogP contribution is -2.10. The molecule has 4 nitrogen and oxygen atoms in total. The van der Waals surface area contributed by atoms with E-state index in [1.807, 2.05) is 42.0 Å². The summed E-state index contributed by atoms with van der Waals surface area (Å²) in [5.41, 5.74) is 2.73. The van der Waals surface area contributed by atoms with Gasteiger partial charge in [0.2, 0.25) is 0 Å². The number of aromatic nitrogens is 2. The highest BCUT2D eigenvalue weighted by molar-refractivity contribution is 6.00. The van der Waals surface area contributed by atoms with Crippen molar-refractivity contribution in [2.45, 2.75) is 13.5 Å². The largest absolute Gasteiger partial charge is 0.411 e. The number of aryl methyl sites for hydroxylation is 1. The number of rotatable bonds is 3. The van der Waals surface area contributed by atoms with Crippen LogP contribution in [-0.2, 0) is 6.54 Å². The van der Waals surface area contributed by atoms with Crippen molar-refractivity contribution in [2.75, 3.05) is 0 Å². The van der Waals surface area contributed by atoms with E-state index in [1.54, 1.807) is 12.5 Å². The van der Waals surface area contributed by atoms with E-state index in [0.29, 0.717) is 12.3 Å². The summed E-state index contributed by atoms with van der Waals surface area (Å²) in [5, 5.41) is 12.3. The van der Waals surface area contributed by atoms with Gasteiger partial charge in [-0.1, -0.05) is 35.0 Å². The zero-order valence-corrected chi connectivity index (χ0v) is 9.04. The summed E-state index contributed by atoms with van der Waals surface area (Å²) in [7, 11) is 0. The SMILES string of the molecule is Cc1ccc(/C(Cn2ccnc2)=N\O)cc1. The Hall–Kier alpha value is -2.10. The molecule has 0 saturated carbocycles. The average Bonchev–Trinajstić information content (AvgIpc) is 2.80. The molecule has 1 N–H and O–H groups in total. The molecule has 2 aromatic rings. The Morgan fingerprint density at radius 1 is 1.38 bits per heavy atom. The van der Waals surface area contributed by atoms with Crippen LogP contribution in [0.15, 0.2) is 48.1 Å². The van der Waals surface area contributed by atoms with Crippen LogP contribution in [0.25, 0.3) is 0 Å². The van der Waals surface area contributed by atoms with Crippen molar-refractivity contribution in [3.63, 3.8) is 0 Å². The quantitative estimate of drug-likeness (QED) is 0.484. The van der Waals surface area contributed by atoms with Gasteiger partial charge in [0.05, 0.1) is 12.9 Å². The number of hydrogen-bond donors (Lipinski definition) is 1. The maximum atomic E-state index is 9.00. The fraction of sp³-hybridized carbons (Fsp3) is 0.167. The van der Waals surface area contributed by atoms with Gasteiger partial charge in [-0.05, 0) is 6.92 Å². The van der Waals surface area contributed by atoms with Crippen LogP contribution < -0.4 is 0 Å². The summed E-state index contributed by atoms with van der Waals surface area (Å²) in [6.45, 7) is 2.54. The van der Waals surface area contributed by atoms with Gasteiger partial charge in [-0.3, -0.25) is 0 Å². The lowest BCUT2D eigenvalue weighted by molar-refractivity contribution is 0.317. The maximum absolute atomic E-state index is 9.00. The normalized spacial score (nSPS) is 11.7. The summed E-state index contributed by atoms with van der Waals surface area (Å²) in [6, 6.07) is 7.88. The summed E-state index contributed by atoms with van der Waals surface area (Å²) in [4.78, 5) is 3.94. The fourth-order valence-electron chi connectivity index (χ4n) is 1.48. The lowest BCUT2D eigenvalue weighted by Gasteiger charge is -2.05. The maximum Gasteiger partial charge on any atom is 0.106 e. The smallest absolute Gasteiger partial charge is 0.106 e.